The predicted octanol–water partition coefficient (Wildman–Crippen LogP) is 4.11. The molecular weight excluding hydrogens is 399 g/mol. The number of methoxy groups -OCH3 is 1. The molecule has 0 bridgehead atoms. The molecule has 0 unspecified atom stereocenters. The van der Waals surface area contributed by atoms with Gasteiger partial charge in [-0.15, -0.1) is 5.10 Å². The number of benzene rings is 3. The van der Waals surface area contributed by atoms with Crippen LogP contribution in [0, 0.1) is 12.7 Å². The van der Waals surface area contributed by atoms with Crippen LogP contribution in [0.5, 0.6) is 5.75 Å². The van der Waals surface area contributed by atoms with Crippen molar-refractivity contribution in [3.05, 3.63) is 83.9 Å². The summed E-state index contributed by atoms with van der Waals surface area (Å²) in [5.74, 6) is 0.315. The van der Waals surface area contributed by atoms with Crippen molar-refractivity contribution in [1.82, 2.24) is 20.2 Å². The summed E-state index contributed by atoms with van der Waals surface area (Å²) in [5, 5.41) is 17.1. The molecule has 0 radical (unpaired) electrons. The monoisotopic (exact) mass is 418 g/mol. The number of hydrogen-bond acceptors (Lipinski definition) is 6. The first-order chi connectivity index (χ1) is 15.0. The Labute approximate surface area is 177 Å². The number of para-hydroxylation sites is 1. The van der Waals surface area contributed by atoms with E-state index in [1.807, 2.05) is 30.3 Å². The van der Waals surface area contributed by atoms with Gasteiger partial charge in [0.15, 0.2) is 5.82 Å². The van der Waals surface area contributed by atoms with E-state index in [9.17, 15) is 9.18 Å². The lowest BCUT2D eigenvalue weighted by atomic mass is 10.1. The van der Waals surface area contributed by atoms with E-state index >= 15 is 0 Å². The zero-order valence-corrected chi connectivity index (χ0v) is 16.8. The fourth-order valence-electron chi connectivity index (χ4n) is 3.03. The molecule has 1 aromatic heterocycles. The molecule has 4 rings (SSSR count). The van der Waals surface area contributed by atoms with E-state index in [1.54, 1.807) is 32.2 Å². The van der Waals surface area contributed by atoms with Crippen molar-refractivity contribution in [3.63, 3.8) is 0 Å². The average Bonchev–Trinajstić information content (AvgIpc) is 3.21. The molecule has 0 saturated carbocycles. The van der Waals surface area contributed by atoms with E-state index in [-0.39, 0.29) is 11.6 Å². The Morgan fingerprint density at radius 1 is 1.03 bits per heavy atom. The van der Waals surface area contributed by atoms with Gasteiger partial charge in [0, 0.05) is 11.4 Å². The highest BCUT2D eigenvalue weighted by Crippen LogP contribution is 2.25. The summed E-state index contributed by atoms with van der Waals surface area (Å²) in [6, 6.07) is 18.7. The van der Waals surface area contributed by atoms with Gasteiger partial charge in [0.2, 0.25) is 0 Å². The summed E-state index contributed by atoms with van der Waals surface area (Å²) in [4.78, 5) is 13.0. The second-order valence-electron chi connectivity index (χ2n) is 6.66. The average molecular weight is 418 g/mol. The molecule has 8 nitrogen and oxygen atoms in total. The molecular formula is C22H19FN6O2. The molecule has 0 aliphatic heterocycles. The summed E-state index contributed by atoms with van der Waals surface area (Å²) >= 11 is 0. The molecule has 1 heterocycles. The number of anilines is 3. The number of rotatable bonds is 6. The maximum Gasteiger partial charge on any atom is 0.257 e. The predicted molar refractivity (Wildman–Crippen MR) is 115 cm³/mol. The molecule has 4 aromatic rings. The van der Waals surface area contributed by atoms with Crippen LogP contribution in [-0.2, 0) is 0 Å². The minimum absolute atomic E-state index is 0.143. The number of nitrogens with zero attached hydrogens (tertiary/aromatic N) is 4. The topological polar surface area (TPSA) is 94.0 Å². The van der Waals surface area contributed by atoms with Crippen molar-refractivity contribution in [2.24, 2.45) is 0 Å². The van der Waals surface area contributed by atoms with Crippen molar-refractivity contribution >= 4 is 23.0 Å². The number of hydrogen-bond donors (Lipinski definition) is 2. The highest BCUT2D eigenvalue weighted by molar-refractivity contribution is 6.08. The fraction of sp³-hybridized carbons (Fsp3) is 0.0909. The van der Waals surface area contributed by atoms with Crippen molar-refractivity contribution < 1.29 is 13.9 Å². The van der Waals surface area contributed by atoms with Gasteiger partial charge in [-0.3, -0.25) is 4.79 Å². The van der Waals surface area contributed by atoms with E-state index in [0.717, 1.165) is 11.4 Å². The number of aromatic nitrogens is 4. The molecule has 0 spiro atoms. The molecule has 0 aliphatic carbocycles. The van der Waals surface area contributed by atoms with E-state index in [2.05, 4.69) is 26.2 Å². The van der Waals surface area contributed by atoms with Crippen LogP contribution in [0.25, 0.3) is 5.69 Å². The normalized spacial score (nSPS) is 10.5. The molecule has 9 heteroatoms. The van der Waals surface area contributed by atoms with Crippen molar-refractivity contribution in [3.8, 4) is 11.4 Å². The van der Waals surface area contributed by atoms with Crippen molar-refractivity contribution in [2.75, 3.05) is 17.7 Å². The zero-order valence-electron chi connectivity index (χ0n) is 16.8. The van der Waals surface area contributed by atoms with Crippen LogP contribution in [0.15, 0.2) is 66.7 Å². The SMILES string of the molecule is COc1ccc(Nc2ccccc2C(=O)Nc2ccc(F)c(-n3nnnc3C)c2)cc1. The molecule has 0 saturated heterocycles. The molecule has 0 fully saturated rings. The van der Waals surface area contributed by atoms with Gasteiger partial charge in [-0.2, -0.15) is 4.68 Å². The summed E-state index contributed by atoms with van der Waals surface area (Å²) in [6.45, 7) is 1.66. The highest BCUT2D eigenvalue weighted by Gasteiger charge is 2.15. The lowest BCUT2D eigenvalue weighted by Crippen LogP contribution is -2.14. The van der Waals surface area contributed by atoms with E-state index in [1.165, 1.54) is 22.9 Å². The number of amides is 1. The number of ether oxygens (including phenoxy) is 1. The minimum atomic E-state index is -0.505. The number of tetrazole rings is 1. The fourth-order valence-corrected chi connectivity index (χ4v) is 3.03. The molecule has 0 aliphatic rings. The van der Waals surface area contributed by atoms with Gasteiger partial charge in [0.25, 0.3) is 5.91 Å². The van der Waals surface area contributed by atoms with Crippen LogP contribution in [-0.4, -0.2) is 33.2 Å². The molecule has 156 valence electrons. The zero-order chi connectivity index (χ0) is 21.8. The second kappa shape index (κ2) is 8.62. The second-order valence-corrected chi connectivity index (χ2v) is 6.66. The first-order valence-electron chi connectivity index (χ1n) is 9.41. The van der Waals surface area contributed by atoms with Crippen LogP contribution in [0.2, 0.25) is 0 Å². The number of aryl methyl sites for hydroxylation is 1. The summed E-state index contributed by atoms with van der Waals surface area (Å²) < 4.78 is 20.7. The Morgan fingerprint density at radius 3 is 2.48 bits per heavy atom. The standard InChI is InChI=1S/C22H19FN6O2/c1-14-26-27-28-29(14)21-13-16(9-12-19(21)23)25-22(30)18-5-3-4-6-20(18)24-15-7-10-17(31-2)11-8-15/h3-13,24H,1-2H3,(H,25,30). The Kier molecular flexibility index (Phi) is 5.57. The summed E-state index contributed by atoms with van der Waals surface area (Å²) in [6.07, 6.45) is 0. The Bertz CT molecular complexity index is 1220. The van der Waals surface area contributed by atoms with Crippen LogP contribution in [0.1, 0.15) is 16.2 Å². The van der Waals surface area contributed by atoms with Gasteiger partial charge in [0.05, 0.1) is 18.4 Å². The number of nitrogens with one attached hydrogen (secondary N) is 2. The first-order valence-corrected chi connectivity index (χ1v) is 9.41. The third-order valence-electron chi connectivity index (χ3n) is 4.60. The van der Waals surface area contributed by atoms with Gasteiger partial charge in [-0.05, 0) is 71.9 Å². The van der Waals surface area contributed by atoms with Crippen molar-refractivity contribution in [2.45, 2.75) is 6.92 Å². The first kappa shape index (κ1) is 20.0. The number of carbonyl (C=O) groups is 1. The van der Waals surface area contributed by atoms with Crippen LogP contribution < -0.4 is 15.4 Å². The lowest BCUT2D eigenvalue weighted by molar-refractivity contribution is 0.102. The quantitative estimate of drug-likeness (QED) is 0.489. The lowest BCUT2D eigenvalue weighted by Gasteiger charge is -2.13. The molecule has 3 aromatic carbocycles. The molecule has 2 N–H and O–H groups in total. The van der Waals surface area contributed by atoms with Crippen molar-refractivity contribution in [1.29, 1.82) is 0 Å². The molecule has 1 amide bonds. The van der Waals surface area contributed by atoms with Gasteiger partial charge in [-0.1, -0.05) is 12.1 Å². The van der Waals surface area contributed by atoms with Gasteiger partial charge in [0.1, 0.15) is 17.3 Å². The van der Waals surface area contributed by atoms with Crippen LogP contribution in [0.4, 0.5) is 21.5 Å². The Hall–Kier alpha value is -4.27. The smallest absolute Gasteiger partial charge is 0.257 e. The molecule has 31 heavy (non-hydrogen) atoms. The number of carbonyl (C=O) groups excluding carboxylic acids is 1. The maximum absolute atomic E-state index is 14.3. The highest BCUT2D eigenvalue weighted by atomic mass is 19.1. The van der Waals surface area contributed by atoms with E-state index in [4.69, 9.17) is 4.74 Å². The number of halogens is 1. The Balaban J connectivity index is 1.57. The minimum Gasteiger partial charge on any atom is -0.497 e. The van der Waals surface area contributed by atoms with E-state index < -0.39 is 5.82 Å². The van der Waals surface area contributed by atoms with Crippen LogP contribution >= 0.6 is 0 Å². The third-order valence-corrected chi connectivity index (χ3v) is 4.60. The van der Waals surface area contributed by atoms with Gasteiger partial charge >= 0.3 is 0 Å². The summed E-state index contributed by atoms with van der Waals surface area (Å²) in [5.41, 5.74) is 2.42. The Morgan fingerprint density at radius 2 is 1.77 bits per heavy atom. The molecule has 0 atom stereocenters. The maximum atomic E-state index is 14.3. The van der Waals surface area contributed by atoms with Gasteiger partial charge < -0.3 is 15.4 Å². The third kappa shape index (κ3) is 4.35. The van der Waals surface area contributed by atoms with Crippen LogP contribution in [0.3, 0.4) is 0 Å². The largest absolute Gasteiger partial charge is 0.497 e. The van der Waals surface area contributed by atoms with E-state index in [0.29, 0.717) is 22.8 Å². The summed E-state index contributed by atoms with van der Waals surface area (Å²) in [7, 11) is 1.60. The van der Waals surface area contributed by atoms with Gasteiger partial charge in [-0.25, -0.2) is 4.39 Å².